The smallest absolute Gasteiger partial charge is 0.309 e. The Morgan fingerprint density at radius 2 is 2.32 bits per heavy atom. The number of carboxylic acid groups (broad SMARTS) is 1. The number of pyridine rings is 1. The minimum Gasteiger partial charge on any atom is -0.490 e. The van der Waals surface area contributed by atoms with Crippen molar-refractivity contribution in [1.29, 1.82) is 0 Å². The van der Waals surface area contributed by atoms with E-state index in [0.717, 1.165) is 19.3 Å². The zero-order valence-electron chi connectivity index (χ0n) is 11.0. The number of unbranched alkanes of at least 4 members (excludes halogenated alkanes) is 2. The predicted octanol–water partition coefficient (Wildman–Crippen LogP) is 2.53. The number of hydrogen-bond donors (Lipinski definition) is 1. The molecule has 2 aromatic rings. The highest BCUT2D eigenvalue weighted by molar-refractivity contribution is 5.70. The van der Waals surface area contributed by atoms with E-state index in [1.165, 1.54) is 0 Å². The lowest BCUT2D eigenvalue weighted by Crippen LogP contribution is -2.00. The molecule has 0 aliphatic carbocycles. The molecule has 2 heterocycles. The molecule has 0 saturated heterocycles. The van der Waals surface area contributed by atoms with Gasteiger partial charge in [0.05, 0.1) is 18.7 Å². The Labute approximate surface area is 111 Å². The highest BCUT2D eigenvalue weighted by Gasteiger charge is 2.09. The van der Waals surface area contributed by atoms with Gasteiger partial charge in [-0.05, 0) is 18.6 Å². The van der Waals surface area contributed by atoms with E-state index in [1.807, 2.05) is 18.3 Å². The van der Waals surface area contributed by atoms with E-state index >= 15 is 0 Å². The highest BCUT2D eigenvalue weighted by atomic mass is 16.5. The van der Waals surface area contributed by atoms with Crippen molar-refractivity contribution in [3.8, 4) is 5.75 Å². The summed E-state index contributed by atoms with van der Waals surface area (Å²) in [7, 11) is 0. The lowest BCUT2D eigenvalue weighted by molar-refractivity contribution is -0.136. The van der Waals surface area contributed by atoms with Gasteiger partial charge < -0.3 is 14.2 Å². The second-order valence-electron chi connectivity index (χ2n) is 4.46. The molecule has 0 atom stereocenters. The van der Waals surface area contributed by atoms with Crippen molar-refractivity contribution >= 4 is 11.6 Å². The Morgan fingerprint density at radius 3 is 3.05 bits per heavy atom. The van der Waals surface area contributed by atoms with Crippen molar-refractivity contribution in [3.63, 3.8) is 0 Å². The number of carbonyl (C=O) groups is 1. The molecular weight excluding hydrogens is 244 g/mol. The molecule has 0 fully saturated rings. The summed E-state index contributed by atoms with van der Waals surface area (Å²) in [5.41, 5.74) is 1.22. The number of hydrogen-bond acceptors (Lipinski definition) is 3. The molecule has 102 valence electrons. The summed E-state index contributed by atoms with van der Waals surface area (Å²) in [6, 6.07) is 3.73. The maximum Gasteiger partial charge on any atom is 0.309 e. The number of aliphatic carboxylic acids is 1. The molecule has 5 heteroatoms. The van der Waals surface area contributed by atoms with Crippen LogP contribution >= 0.6 is 0 Å². The molecule has 0 saturated carbocycles. The first-order valence-corrected chi connectivity index (χ1v) is 6.52. The van der Waals surface area contributed by atoms with Gasteiger partial charge in [0, 0.05) is 12.4 Å². The molecular formula is C14H18N2O3. The number of aromatic nitrogens is 2. The number of imidazole rings is 1. The summed E-state index contributed by atoms with van der Waals surface area (Å²) in [4.78, 5) is 15.0. The van der Waals surface area contributed by atoms with Crippen molar-refractivity contribution in [1.82, 2.24) is 9.38 Å². The SMILES string of the molecule is CCCCCOc1cccn2cc(CC(=O)O)nc12. The fourth-order valence-electron chi connectivity index (χ4n) is 1.92. The Kier molecular flexibility index (Phi) is 4.39. The van der Waals surface area contributed by atoms with Gasteiger partial charge in [0.25, 0.3) is 0 Å². The van der Waals surface area contributed by atoms with E-state index in [0.29, 0.717) is 23.7 Å². The van der Waals surface area contributed by atoms with Crippen LogP contribution in [0.15, 0.2) is 24.5 Å². The van der Waals surface area contributed by atoms with Gasteiger partial charge in [-0.1, -0.05) is 19.8 Å². The van der Waals surface area contributed by atoms with Crippen molar-refractivity contribution in [3.05, 3.63) is 30.2 Å². The van der Waals surface area contributed by atoms with E-state index in [4.69, 9.17) is 9.84 Å². The van der Waals surface area contributed by atoms with Crippen LogP contribution in [0.25, 0.3) is 5.65 Å². The summed E-state index contributed by atoms with van der Waals surface area (Å²) < 4.78 is 7.51. The number of rotatable bonds is 7. The molecule has 0 amide bonds. The fourth-order valence-corrected chi connectivity index (χ4v) is 1.92. The van der Waals surface area contributed by atoms with Gasteiger partial charge >= 0.3 is 5.97 Å². The molecule has 0 radical (unpaired) electrons. The van der Waals surface area contributed by atoms with Crippen molar-refractivity contribution < 1.29 is 14.6 Å². The predicted molar refractivity (Wildman–Crippen MR) is 71.6 cm³/mol. The van der Waals surface area contributed by atoms with Crippen molar-refractivity contribution in [2.24, 2.45) is 0 Å². The zero-order valence-corrected chi connectivity index (χ0v) is 11.0. The molecule has 2 aromatic heterocycles. The van der Waals surface area contributed by atoms with Crippen LogP contribution in [-0.2, 0) is 11.2 Å². The van der Waals surface area contributed by atoms with Gasteiger partial charge in [0.15, 0.2) is 11.4 Å². The lowest BCUT2D eigenvalue weighted by Gasteiger charge is -2.06. The first kappa shape index (κ1) is 13.4. The summed E-state index contributed by atoms with van der Waals surface area (Å²) in [5.74, 6) is -0.177. The minimum atomic E-state index is -0.881. The topological polar surface area (TPSA) is 63.8 Å². The summed E-state index contributed by atoms with van der Waals surface area (Å²) in [5, 5.41) is 8.78. The average Bonchev–Trinajstić information content (AvgIpc) is 2.76. The van der Waals surface area contributed by atoms with Crippen molar-refractivity contribution in [2.75, 3.05) is 6.61 Å². The summed E-state index contributed by atoms with van der Waals surface area (Å²) >= 11 is 0. The second kappa shape index (κ2) is 6.22. The van der Waals surface area contributed by atoms with E-state index in [9.17, 15) is 4.79 Å². The van der Waals surface area contributed by atoms with E-state index < -0.39 is 5.97 Å². The van der Waals surface area contributed by atoms with Crippen LogP contribution in [0.2, 0.25) is 0 Å². The number of fused-ring (bicyclic) bond motifs is 1. The molecule has 2 rings (SSSR count). The van der Waals surface area contributed by atoms with Crippen LogP contribution in [-0.4, -0.2) is 27.1 Å². The third kappa shape index (κ3) is 3.47. The average molecular weight is 262 g/mol. The number of nitrogens with zero attached hydrogens (tertiary/aromatic N) is 2. The van der Waals surface area contributed by atoms with E-state index in [-0.39, 0.29) is 6.42 Å². The van der Waals surface area contributed by atoms with Gasteiger partial charge in [-0.25, -0.2) is 4.98 Å². The Balaban J connectivity index is 2.14. The van der Waals surface area contributed by atoms with Crippen LogP contribution in [0.3, 0.4) is 0 Å². The Morgan fingerprint density at radius 1 is 1.47 bits per heavy atom. The van der Waals surface area contributed by atoms with Crippen LogP contribution < -0.4 is 4.74 Å². The molecule has 19 heavy (non-hydrogen) atoms. The zero-order chi connectivity index (χ0) is 13.7. The number of carboxylic acids is 1. The molecule has 1 N–H and O–H groups in total. The Bertz CT molecular complexity index is 563. The van der Waals surface area contributed by atoms with Gasteiger partial charge in [-0.3, -0.25) is 4.79 Å². The normalized spacial score (nSPS) is 10.8. The largest absolute Gasteiger partial charge is 0.490 e. The van der Waals surface area contributed by atoms with Crippen LogP contribution in [0.5, 0.6) is 5.75 Å². The molecule has 0 aliphatic heterocycles. The van der Waals surface area contributed by atoms with Crippen molar-refractivity contribution in [2.45, 2.75) is 32.6 Å². The van der Waals surface area contributed by atoms with E-state index in [2.05, 4.69) is 11.9 Å². The second-order valence-corrected chi connectivity index (χ2v) is 4.46. The number of ether oxygens (including phenoxy) is 1. The maximum absolute atomic E-state index is 10.7. The third-order valence-electron chi connectivity index (χ3n) is 2.83. The quantitative estimate of drug-likeness (QED) is 0.779. The molecule has 0 unspecified atom stereocenters. The molecule has 0 spiro atoms. The van der Waals surface area contributed by atoms with Gasteiger partial charge in [0.2, 0.25) is 0 Å². The molecule has 0 aliphatic rings. The molecule has 0 bridgehead atoms. The summed E-state index contributed by atoms with van der Waals surface area (Å²) in [6.45, 7) is 2.81. The molecule has 5 nitrogen and oxygen atoms in total. The van der Waals surface area contributed by atoms with Gasteiger partial charge in [0.1, 0.15) is 0 Å². The summed E-state index contributed by atoms with van der Waals surface area (Å²) in [6.07, 6.45) is 6.80. The Hall–Kier alpha value is -2.04. The van der Waals surface area contributed by atoms with Crippen LogP contribution in [0.1, 0.15) is 31.9 Å². The highest BCUT2D eigenvalue weighted by Crippen LogP contribution is 2.19. The standard InChI is InChI=1S/C14H18N2O3/c1-2-3-4-8-19-12-6-5-7-16-10-11(9-13(17)18)15-14(12)16/h5-7,10H,2-4,8-9H2,1H3,(H,17,18). The molecule has 0 aromatic carbocycles. The fraction of sp³-hybridized carbons (Fsp3) is 0.429. The van der Waals surface area contributed by atoms with Crippen LogP contribution in [0.4, 0.5) is 0 Å². The maximum atomic E-state index is 10.7. The van der Waals surface area contributed by atoms with E-state index in [1.54, 1.807) is 10.6 Å². The third-order valence-corrected chi connectivity index (χ3v) is 2.83. The first-order valence-electron chi connectivity index (χ1n) is 6.52. The van der Waals surface area contributed by atoms with Gasteiger partial charge in [-0.15, -0.1) is 0 Å². The van der Waals surface area contributed by atoms with Gasteiger partial charge in [-0.2, -0.15) is 0 Å². The van der Waals surface area contributed by atoms with Crippen LogP contribution in [0, 0.1) is 0 Å². The lowest BCUT2D eigenvalue weighted by atomic mass is 10.3. The first-order chi connectivity index (χ1) is 9.20. The monoisotopic (exact) mass is 262 g/mol. The minimum absolute atomic E-state index is 0.0725.